The molecule has 3 rings (SSSR count). The molecule has 0 saturated heterocycles. The molecule has 27 heavy (non-hydrogen) atoms. The molecule has 2 aromatic carbocycles. The van der Waals surface area contributed by atoms with Gasteiger partial charge in [-0.1, -0.05) is 29.8 Å². The lowest BCUT2D eigenvalue weighted by atomic mass is 10.2. The topological polar surface area (TPSA) is 62.7 Å². The van der Waals surface area contributed by atoms with E-state index < -0.39 is 16.8 Å². The van der Waals surface area contributed by atoms with Crippen LogP contribution in [-0.2, 0) is 12.7 Å². The average Bonchev–Trinajstić information content (AvgIpc) is 2.62. The zero-order chi connectivity index (χ0) is 19.4. The van der Waals surface area contributed by atoms with Gasteiger partial charge in [0.2, 0.25) is 5.95 Å². The van der Waals surface area contributed by atoms with E-state index in [0.717, 1.165) is 12.1 Å². The molecule has 0 amide bonds. The van der Waals surface area contributed by atoms with Crippen LogP contribution in [0.5, 0.6) is 0 Å². The van der Waals surface area contributed by atoms with Gasteiger partial charge in [0.15, 0.2) is 5.82 Å². The third-order valence-electron chi connectivity index (χ3n) is 3.50. The minimum Gasteiger partial charge on any atom is -0.349 e. The molecule has 0 aliphatic carbocycles. The highest BCUT2D eigenvalue weighted by atomic mass is 35.5. The van der Waals surface area contributed by atoms with Crippen LogP contribution in [0.4, 0.5) is 35.0 Å². The van der Waals surface area contributed by atoms with Crippen molar-refractivity contribution < 1.29 is 17.6 Å². The third kappa shape index (κ3) is 4.82. The number of hydrogen-bond donors (Lipinski definition) is 2. The van der Waals surface area contributed by atoms with Gasteiger partial charge in [0.1, 0.15) is 5.82 Å². The van der Waals surface area contributed by atoms with Crippen LogP contribution in [0.1, 0.15) is 11.1 Å². The van der Waals surface area contributed by atoms with Crippen molar-refractivity contribution in [1.29, 1.82) is 0 Å². The van der Waals surface area contributed by atoms with Crippen molar-refractivity contribution in [3.8, 4) is 0 Å². The Balaban J connectivity index is 1.74. The first-order valence-corrected chi connectivity index (χ1v) is 8.01. The van der Waals surface area contributed by atoms with Gasteiger partial charge in [0, 0.05) is 17.8 Å². The third-order valence-corrected chi connectivity index (χ3v) is 3.83. The Morgan fingerprint density at radius 3 is 2.59 bits per heavy atom. The van der Waals surface area contributed by atoms with Gasteiger partial charge in [-0.2, -0.15) is 23.3 Å². The van der Waals surface area contributed by atoms with Crippen molar-refractivity contribution >= 4 is 29.1 Å². The predicted molar refractivity (Wildman–Crippen MR) is 93.3 cm³/mol. The molecular weight excluding hydrogens is 386 g/mol. The van der Waals surface area contributed by atoms with Crippen molar-refractivity contribution in [3.05, 3.63) is 70.6 Å². The van der Waals surface area contributed by atoms with Gasteiger partial charge in [0.25, 0.3) is 0 Å². The summed E-state index contributed by atoms with van der Waals surface area (Å²) < 4.78 is 52.4. The summed E-state index contributed by atoms with van der Waals surface area (Å²) in [6.07, 6.45) is -3.33. The summed E-state index contributed by atoms with van der Waals surface area (Å²) in [5, 5.41) is 12.6. The normalized spacial score (nSPS) is 11.3. The molecule has 3 aromatic rings. The Morgan fingerprint density at radius 1 is 1.07 bits per heavy atom. The van der Waals surface area contributed by atoms with Crippen LogP contribution in [0.2, 0.25) is 5.02 Å². The van der Waals surface area contributed by atoms with Gasteiger partial charge >= 0.3 is 6.18 Å². The summed E-state index contributed by atoms with van der Waals surface area (Å²) in [6, 6.07) is 9.58. The molecule has 140 valence electrons. The Bertz CT molecular complexity index is 949. The minimum absolute atomic E-state index is 0.0910. The van der Waals surface area contributed by atoms with Gasteiger partial charge in [-0.3, -0.25) is 0 Å². The SMILES string of the molecule is Fc1ccccc1CNc1nncc(Nc2ccc(Cl)c(C(F)(F)F)c2)n1. The molecule has 0 saturated carbocycles. The summed E-state index contributed by atoms with van der Waals surface area (Å²) in [7, 11) is 0. The molecule has 0 bridgehead atoms. The van der Waals surface area contributed by atoms with Crippen molar-refractivity contribution in [2.45, 2.75) is 12.7 Å². The number of nitrogens with zero attached hydrogens (tertiary/aromatic N) is 3. The molecule has 0 radical (unpaired) electrons. The first-order chi connectivity index (χ1) is 12.8. The predicted octanol–water partition coefficient (Wildman–Crippen LogP) is 5.04. The number of rotatable bonds is 5. The molecule has 0 aliphatic rings. The fourth-order valence-corrected chi connectivity index (χ4v) is 2.45. The van der Waals surface area contributed by atoms with Gasteiger partial charge in [-0.15, -0.1) is 5.10 Å². The van der Waals surface area contributed by atoms with E-state index in [1.54, 1.807) is 18.2 Å². The van der Waals surface area contributed by atoms with Crippen molar-refractivity contribution in [2.24, 2.45) is 0 Å². The van der Waals surface area contributed by atoms with Gasteiger partial charge in [0.05, 0.1) is 16.8 Å². The van der Waals surface area contributed by atoms with E-state index in [1.807, 2.05) is 0 Å². The van der Waals surface area contributed by atoms with E-state index in [9.17, 15) is 17.6 Å². The highest BCUT2D eigenvalue weighted by Crippen LogP contribution is 2.36. The zero-order valence-electron chi connectivity index (χ0n) is 13.6. The van der Waals surface area contributed by atoms with Crippen LogP contribution >= 0.6 is 11.6 Å². The molecule has 5 nitrogen and oxygen atoms in total. The van der Waals surface area contributed by atoms with Crippen LogP contribution in [0, 0.1) is 5.82 Å². The molecule has 0 spiro atoms. The number of benzene rings is 2. The zero-order valence-corrected chi connectivity index (χ0v) is 14.3. The second-order valence-electron chi connectivity index (χ2n) is 5.43. The Morgan fingerprint density at radius 2 is 1.85 bits per heavy atom. The number of alkyl halides is 3. The van der Waals surface area contributed by atoms with E-state index >= 15 is 0 Å². The van der Waals surface area contributed by atoms with E-state index in [2.05, 4.69) is 25.8 Å². The van der Waals surface area contributed by atoms with E-state index in [1.165, 1.54) is 18.3 Å². The Labute approximate surface area is 156 Å². The summed E-state index contributed by atoms with van der Waals surface area (Å²) in [6.45, 7) is 0.122. The lowest BCUT2D eigenvalue weighted by molar-refractivity contribution is -0.137. The number of nitrogens with one attached hydrogen (secondary N) is 2. The van der Waals surface area contributed by atoms with E-state index in [-0.39, 0.29) is 29.8 Å². The molecule has 1 aromatic heterocycles. The average molecular weight is 398 g/mol. The van der Waals surface area contributed by atoms with E-state index in [0.29, 0.717) is 5.56 Å². The smallest absolute Gasteiger partial charge is 0.349 e. The monoisotopic (exact) mass is 397 g/mol. The van der Waals surface area contributed by atoms with Crippen LogP contribution in [-0.4, -0.2) is 15.2 Å². The van der Waals surface area contributed by atoms with Gasteiger partial charge in [-0.25, -0.2) is 4.39 Å². The maximum absolute atomic E-state index is 13.6. The standard InChI is InChI=1S/C17H12ClF4N5/c18-13-6-5-11(7-12(13)17(20,21)22)25-15-9-24-27-16(26-15)23-8-10-3-1-2-4-14(10)19/h1-7,9H,8H2,(H2,23,25,26,27). The van der Waals surface area contributed by atoms with Gasteiger partial charge < -0.3 is 10.6 Å². The first kappa shape index (κ1) is 18.8. The highest BCUT2D eigenvalue weighted by Gasteiger charge is 2.33. The van der Waals surface area contributed by atoms with E-state index in [4.69, 9.17) is 11.6 Å². The number of halogens is 5. The molecular formula is C17H12ClF4N5. The van der Waals surface area contributed by atoms with Crippen molar-refractivity contribution in [2.75, 3.05) is 10.6 Å². The first-order valence-electron chi connectivity index (χ1n) is 7.64. The fourth-order valence-electron chi connectivity index (χ4n) is 2.22. The molecule has 0 fully saturated rings. The molecule has 2 N–H and O–H groups in total. The lowest BCUT2D eigenvalue weighted by Gasteiger charge is -2.12. The largest absolute Gasteiger partial charge is 0.417 e. The maximum Gasteiger partial charge on any atom is 0.417 e. The molecule has 0 unspecified atom stereocenters. The Hall–Kier alpha value is -2.94. The summed E-state index contributed by atoms with van der Waals surface area (Å²) in [5.74, 6) is -0.127. The highest BCUT2D eigenvalue weighted by molar-refractivity contribution is 6.31. The number of aromatic nitrogens is 3. The fraction of sp³-hybridized carbons (Fsp3) is 0.118. The van der Waals surface area contributed by atoms with Crippen LogP contribution < -0.4 is 10.6 Å². The molecule has 0 aliphatic heterocycles. The summed E-state index contributed by atoms with van der Waals surface area (Å²) in [5.41, 5.74) is -0.423. The summed E-state index contributed by atoms with van der Waals surface area (Å²) >= 11 is 5.59. The number of anilines is 3. The minimum atomic E-state index is -4.58. The molecule has 10 heteroatoms. The van der Waals surface area contributed by atoms with Crippen LogP contribution in [0.25, 0.3) is 0 Å². The van der Waals surface area contributed by atoms with Crippen molar-refractivity contribution in [3.63, 3.8) is 0 Å². The second-order valence-corrected chi connectivity index (χ2v) is 5.83. The second kappa shape index (κ2) is 7.75. The lowest BCUT2D eigenvalue weighted by Crippen LogP contribution is -2.08. The van der Waals surface area contributed by atoms with Crippen LogP contribution in [0.3, 0.4) is 0 Å². The van der Waals surface area contributed by atoms with Crippen molar-refractivity contribution in [1.82, 2.24) is 15.2 Å². The van der Waals surface area contributed by atoms with Gasteiger partial charge in [-0.05, 0) is 24.3 Å². The quantitative estimate of drug-likeness (QED) is 0.591. The Kier molecular flexibility index (Phi) is 5.41. The van der Waals surface area contributed by atoms with Crippen LogP contribution in [0.15, 0.2) is 48.7 Å². The molecule has 1 heterocycles. The number of hydrogen-bond acceptors (Lipinski definition) is 5. The summed E-state index contributed by atoms with van der Waals surface area (Å²) in [4.78, 5) is 4.09. The maximum atomic E-state index is 13.6. The molecule has 0 atom stereocenters.